The molecule has 6 amide bonds. The van der Waals surface area contributed by atoms with E-state index in [1.54, 1.807) is 60.9 Å². The number of aryl methyl sites for hydroxylation is 1. The van der Waals surface area contributed by atoms with E-state index in [-0.39, 0.29) is 79.3 Å². The number of amides is 6. The second-order valence-electron chi connectivity index (χ2n) is 19.4. The first-order valence-electron chi connectivity index (χ1n) is 27.8. The molecule has 0 saturated carbocycles. The molecule has 88 heavy (non-hydrogen) atoms. The molecule has 30 nitrogen and oxygen atoms in total. The average Bonchev–Trinajstić information content (AvgIpc) is 3.65. The lowest BCUT2D eigenvalue weighted by Gasteiger charge is -2.18. The highest BCUT2D eigenvalue weighted by atomic mass is 16.6. The molecule has 0 bridgehead atoms. The lowest BCUT2D eigenvalue weighted by molar-refractivity contribution is -0.385. The van der Waals surface area contributed by atoms with Crippen molar-refractivity contribution < 1.29 is 63.5 Å². The molecule has 5 rings (SSSR count). The van der Waals surface area contributed by atoms with Gasteiger partial charge < -0.3 is 58.7 Å². The first kappa shape index (κ1) is 71.5. The van der Waals surface area contributed by atoms with E-state index in [0.29, 0.717) is 55.7 Å². The van der Waals surface area contributed by atoms with E-state index in [2.05, 4.69) is 57.7 Å². The van der Waals surface area contributed by atoms with E-state index in [9.17, 15) is 58.6 Å². The number of carbonyl (C=O) groups excluding carboxylic acids is 5. The van der Waals surface area contributed by atoms with E-state index in [1.165, 1.54) is 42.5 Å². The summed E-state index contributed by atoms with van der Waals surface area (Å²) in [6.45, 7) is 3.44. The van der Waals surface area contributed by atoms with Crippen molar-refractivity contribution in [3.63, 3.8) is 0 Å². The van der Waals surface area contributed by atoms with E-state index in [4.69, 9.17) is 26.8 Å². The van der Waals surface area contributed by atoms with Gasteiger partial charge in [-0.2, -0.15) is 0 Å². The van der Waals surface area contributed by atoms with Crippen LogP contribution in [0.15, 0.2) is 127 Å². The van der Waals surface area contributed by atoms with Crippen molar-refractivity contribution >= 4 is 76.5 Å². The van der Waals surface area contributed by atoms with Crippen LogP contribution in [0, 0.1) is 27.2 Å². The van der Waals surface area contributed by atoms with Crippen LogP contribution < -0.4 is 54.2 Å². The first-order valence-corrected chi connectivity index (χ1v) is 27.8. The molecular formula is C58H75N15O15. The minimum Gasteiger partial charge on any atom is -0.481 e. The molecule has 30 heteroatoms. The first-order chi connectivity index (χ1) is 42.1. The maximum atomic E-state index is 12.3. The summed E-state index contributed by atoms with van der Waals surface area (Å²) >= 11 is 0. The molecule has 0 fully saturated rings. The largest absolute Gasteiger partial charge is 0.481 e. The van der Waals surface area contributed by atoms with Crippen molar-refractivity contribution in [1.82, 2.24) is 42.1 Å². The number of hydrazine groups is 1. The number of nitro groups is 2. The SMILES string of the molecule is Cc1ccnc(NCCCCCCC(=O)NC(CC(=O)O)c2cccc([N+](=O)[O-])c2)c1.NC(N)=NCCCCC(=O)NNC(=O)NC(CC(=O)O)c1ccccc1.O=C(O)CC(NC(=O)CNC(=O)CCCNc1ccccn1)c1cccc([N+](=O)[O-])c1. The highest BCUT2D eigenvalue weighted by molar-refractivity contribution is 5.85. The number of carbonyl (C=O) groups is 8. The summed E-state index contributed by atoms with van der Waals surface area (Å²) in [5, 5.41) is 65.6. The van der Waals surface area contributed by atoms with Crippen LogP contribution >= 0.6 is 0 Å². The second-order valence-corrected chi connectivity index (χ2v) is 19.4. The minimum absolute atomic E-state index is 0.00196. The molecule has 15 N–H and O–H groups in total. The Labute approximate surface area is 506 Å². The zero-order valence-electron chi connectivity index (χ0n) is 48.4. The van der Waals surface area contributed by atoms with Crippen LogP contribution in [0.4, 0.5) is 27.8 Å². The Balaban J connectivity index is 0.000000347. The fourth-order valence-corrected chi connectivity index (χ4v) is 7.99. The number of hydrogen-bond acceptors (Lipinski definition) is 17. The molecule has 2 aromatic heterocycles. The van der Waals surface area contributed by atoms with Gasteiger partial charge in [0.1, 0.15) is 11.6 Å². The number of nitrogens with zero attached hydrogens (tertiary/aromatic N) is 5. The van der Waals surface area contributed by atoms with Gasteiger partial charge in [0, 0.05) is 75.6 Å². The summed E-state index contributed by atoms with van der Waals surface area (Å²) in [6.07, 6.45) is 8.17. The van der Waals surface area contributed by atoms with E-state index in [1.807, 2.05) is 25.1 Å². The van der Waals surface area contributed by atoms with E-state index in [0.717, 1.165) is 37.2 Å². The normalized spacial score (nSPS) is 11.3. The maximum Gasteiger partial charge on any atom is 0.333 e. The molecule has 472 valence electrons. The number of aliphatic carboxylic acids is 3. The molecule has 0 saturated heterocycles. The number of pyridine rings is 2. The highest BCUT2D eigenvalue weighted by Crippen LogP contribution is 2.24. The van der Waals surface area contributed by atoms with Gasteiger partial charge in [0.25, 0.3) is 11.4 Å². The quantitative estimate of drug-likeness (QED) is 0.00783. The number of non-ortho nitro benzene ring substituents is 2. The molecule has 0 aliphatic rings. The van der Waals surface area contributed by atoms with Crippen LogP contribution in [0.25, 0.3) is 0 Å². The highest BCUT2D eigenvalue weighted by Gasteiger charge is 2.23. The standard InChI is InChI=1S/C22H28N4O5.C20H23N5O6.C16H24N6O4/c1-16-10-12-24-20(13-16)23-11-5-3-2-4-9-21(27)25-19(15-22(28)29)17-7-6-8-18(14-17)26(30)31;26-18(8-4-10-22-17-7-1-2-9-21-17)23-13-19(27)24-16(12-20(28)29)14-5-3-6-15(11-14)25(30)31;17-15(18)19-9-5-4-8-13(23)21-22-16(26)20-12(10-14(24)25)11-6-2-1-3-7-11/h6-8,10,12-14,19H,2-5,9,11,15H2,1H3,(H,23,24)(H,25,27)(H,28,29);1-3,5-7,9,11,16H,4,8,10,12-13H2,(H,21,22)(H,23,26)(H,24,27)(H,28,29);1-3,6-7,12H,4-5,8-10H2,(H,21,23)(H,24,25)(H4,17,18,19)(H2,20,22,26). The number of guanidine groups is 1. The third-order valence-electron chi connectivity index (χ3n) is 12.3. The summed E-state index contributed by atoms with van der Waals surface area (Å²) in [5.74, 6) is -3.34. The van der Waals surface area contributed by atoms with Crippen molar-refractivity contribution in [2.45, 2.75) is 109 Å². The lowest BCUT2D eigenvalue weighted by atomic mass is 10.0. The number of nitrogens with one attached hydrogen (secondary N) is 8. The van der Waals surface area contributed by atoms with Gasteiger partial charge in [-0.05, 0) is 85.5 Å². The van der Waals surface area contributed by atoms with Gasteiger partial charge in [0.2, 0.25) is 23.6 Å². The van der Waals surface area contributed by atoms with Crippen LogP contribution in [-0.4, -0.2) is 115 Å². The number of urea groups is 1. The molecule has 3 atom stereocenters. The van der Waals surface area contributed by atoms with E-state index < -0.39 is 64.2 Å². The smallest absolute Gasteiger partial charge is 0.333 e. The van der Waals surface area contributed by atoms with Gasteiger partial charge in [-0.25, -0.2) is 20.2 Å². The second kappa shape index (κ2) is 40.5. The Hall–Kier alpha value is -10.8. The predicted molar refractivity (Wildman–Crippen MR) is 324 cm³/mol. The van der Waals surface area contributed by atoms with Gasteiger partial charge in [-0.1, -0.05) is 73.5 Å². The Morgan fingerprint density at radius 3 is 1.60 bits per heavy atom. The number of nitro benzene ring substituents is 2. The van der Waals surface area contributed by atoms with Gasteiger partial charge in [-0.3, -0.25) is 64.2 Å². The van der Waals surface area contributed by atoms with Gasteiger partial charge in [-0.15, -0.1) is 0 Å². The fraction of sp³-hybridized carbons (Fsp3) is 0.362. The zero-order chi connectivity index (χ0) is 64.6. The van der Waals surface area contributed by atoms with Gasteiger partial charge >= 0.3 is 23.9 Å². The Bertz CT molecular complexity index is 3100. The molecule has 3 unspecified atom stereocenters. The number of aliphatic imine (C=N–C) groups is 1. The monoisotopic (exact) mass is 1220 g/mol. The minimum atomic E-state index is -1.18. The van der Waals surface area contributed by atoms with Crippen LogP contribution in [0.1, 0.15) is 124 Å². The number of carboxylic acids is 3. The van der Waals surface area contributed by atoms with Crippen LogP contribution in [-0.2, 0) is 33.6 Å². The number of hydrogen-bond donors (Lipinski definition) is 13. The molecule has 0 aliphatic carbocycles. The predicted octanol–water partition coefficient (Wildman–Crippen LogP) is 5.60. The summed E-state index contributed by atoms with van der Waals surface area (Å²) < 4.78 is 0. The molecule has 3 aromatic carbocycles. The number of anilines is 2. The topological polar surface area (TPSA) is 470 Å². The Morgan fingerprint density at radius 1 is 0.523 bits per heavy atom. The van der Waals surface area contributed by atoms with Crippen LogP contribution in [0.2, 0.25) is 0 Å². The summed E-state index contributed by atoms with van der Waals surface area (Å²) in [4.78, 5) is 126. The van der Waals surface area contributed by atoms with Crippen molar-refractivity contribution in [3.05, 3.63) is 164 Å². The number of carboxylic acid groups (broad SMARTS) is 3. The third-order valence-corrected chi connectivity index (χ3v) is 12.3. The average molecular weight is 1220 g/mol. The number of aromatic nitrogens is 2. The molecule has 0 aliphatic heterocycles. The summed E-state index contributed by atoms with van der Waals surface area (Å²) in [6, 6.07) is 25.9. The Kier molecular flexibility index (Phi) is 32.8. The van der Waals surface area contributed by atoms with Crippen molar-refractivity contribution in [1.29, 1.82) is 0 Å². The molecule has 0 spiro atoms. The summed E-state index contributed by atoms with van der Waals surface area (Å²) in [5.41, 5.74) is 17.0. The zero-order valence-corrected chi connectivity index (χ0v) is 48.4. The van der Waals surface area contributed by atoms with Crippen molar-refractivity contribution in [2.24, 2.45) is 16.5 Å². The van der Waals surface area contributed by atoms with Gasteiger partial charge in [0.15, 0.2) is 5.96 Å². The van der Waals surface area contributed by atoms with Crippen LogP contribution in [0.3, 0.4) is 0 Å². The molecule has 5 aromatic rings. The Morgan fingerprint density at radius 2 is 1.03 bits per heavy atom. The van der Waals surface area contributed by atoms with Gasteiger partial charge in [0.05, 0.1) is 53.8 Å². The van der Waals surface area contributed by atoms with Crippen molar-refractivity contribution in [3.8, 4) is 0 Å². The summed E-state index contributed by atoms with van der Waals surface area (Å²) in [7, 11) is 0. The molecule has 0 radical (unpaired) electrons. The fourth-order valence-electron chi connectivity index (χ4n) is 7.99. The van der Waals surface area contributed by atoms with Crippen molar-refractivity contribution in [2.75, 3.05) is 36.8 Å². The third kappa shape index (κ3) is 31.7. The van der Waals surface area contributed by atoms with Crippen LogP contribution in [0.5, 0.6) is 0 Å². The number of rotatable bonds is 34. The molecule has 2 heterocycles. The number of nitrogens with two attached hydrogens (primary N) is 2. The molecular weight excluding hydrogens is 1150 g/mol. The number of unbranched alkanes of at least 4 members (excludes halogenated alkanes) is 4. The maximum absolute atomic E-state index is 12.3. The lowest BCUT2D eigenvalue weighted by Crippen LogP contribution is -2.48. The number of benzene rings is 3. The van der Waals surface area contributed by atoms with E-state index >= 15 is 0 Å².